The number of benzene rings is 1. The number of hydrogen-bond acceptors (Lipinski definition) is 2. The van der Waals surface area contributed by atoms with Crippen molar-refractivity contribution >= 4 is 17.4 Å². The van der Waals surface area contributed by atoms with Crippen LogP contribution < -0.4 is 5.32 Å². The summed E-state index contributed by atoms with van der Waals surface area (Å²) in [6.07, 6.45) is 1.85. The standard InChI is InChI=1S/C13H15ClFNO/c14-11-3-1-2-10(13(11)15)8-12(17)9-4-6-16-7-5-9/h1-3,9,16H,4-8H2. The third-order valence-corrected chi connectivity index (χ3v) is 3.48. The van der Waals surface area contributed by atoms with Gasteiger partial charge in [-0.1, -0.05) is 23.7 Å². The summed E-state index contributed by atoms with van der Waals surface area (Å²) in [5.74, 6) is -0.279. The number of nitrogens with one attached hydrogen (secondary N) is 1. The van der Waals surface area contributed by atoms with Crippen molar-refractivity contribution in [2.24, 2.45) is 5.92 Å². The number of ketones is 1. The largest absolute Gasteiger partial charge is 0.317 e. The molecule has 1 aliphatic heterocycles. The van der Waals surface area contributed by atoms with Crippen LogP contribution in [-0.2, 0) is 11.2 Å². The average molecular weight is 256 g/mol. The maximum absolute atomic E-state index is 13.6. The summed E-state index contributed by atoms with van der Waals surface area (Å²) in [6.45, 7) is 1.74. The van der Waals surface area contributed by atoms with Crippen molar-refractivity contribution in [1.29, 1.82) is 0 Å². The van der Waals surface area contributed by atoms with Crippen LogP contribution in [0.15, 0.2) is 18.2 Å². The van der Waals surface area contributed by atoms with Crippen LogP contribution >= 0.6 is 11.6 Å². The van der Waals surface area contributed by atoms with Gasteiger partial charge in [-0.2, -0.15) is 0 Å². The molecule has 0 amide bonds. The Bertz CT molecular complexity index is 416. The molecule has 0 saturated carbocycles. The molecule has 1 aliphatic rings. The summed E-state index contributed by atoms with van der Waals surface area (Å²) in [4.78, 5) is 12.0. The minimum Gasteiger partial charge on any atom is -0.317 e. The molecule has 1 fully saturated rings. The molecule has 2 rings (SSSR count). The van der Waals surface area contributed by atoms with Crippen molar-refractivity contribution in [2.75, 3.05) is 13.1 Å². The minimum atomic E-state index is -0.462. The second-order valence-electron chi connectivity index (χ2n) is 4.38. The van der Waals surface area contributed by atoms with Crippen LogP contribution in [-0.4, -0.2) is 18.9 Å². The third-order valence-electron chi connectivity index (χ3n) is 3.19. The highest BCUT2D eigenvalue weighted by Gasteiger charge is 2.22. The molecule has 0 unspecified atom stereocenters. The van der Waals surface area contributed by atoms with Gasteiger partial charge in [0, 0.05) is 12.3 Å². The lowest BCUT2D eigenvalue weighted by atomic mass is 9.90. The van der Waals surface area contributed by atoms with Crippen LogP contribution in [0.4, 0.5) is 4.39 Å². The van der Waals surface area contributed by atoms with Gasteiger partial charge < -0.3 is 5.32 Å². The molecule has 1 saturated heterocycles. The van der Waals surface area contributed by atoms with Gasteiger partial charge in [0.25, 0.3) is 0 Å². The quantitative estimate of drug-likeness (QED) is 0.900. The van der Waals surface area contributed by atoms with Crippen molar-refractivity contribution in [1.82, 2.24) is 5.32 Å². The van der Waals surface area contributed by atoms with E-state index in [2.05, 4.69) is 5.32 Å². The fourth-order valence-corrected chi connectivity index (χ4v) is 2.36. The van der Waals surface area contributed by atoms with E-state index in [0.29, 0.717) is 5.56 Å². The van der Waals surface area contributed by atoms with Crippen molar-refractivity contribution in [3.63, 3.8) is 0 Å². The first-order valence-electron chi connectivity index (χ1n) is 5.85. The maximum atomic E-state index is 13.6. The van der Waals surface area contributed by atoms with Gasteiger partial charge in [0.05, 0.1) is 5.02 Å². The topological polar surface area (TPSA) is 29.1 Å². The Labute approximate surface area is 105 Å². The smallest absolute Gasteiger partial charge is 0.145 e. The number of carbonyl (C=O) groups is 1. The first-order valence-corrected chi connectivity index (χ1v) is 6.22. The van der Waals surface area contributed by atoms with Crippen LogP contribution in [0.1, 0.15) is 18.4 Å². The Hall–Kier alpha value is -0.930. The van der Waals surface area contributed by atoms with E-state index >= 15 is 0 Å². The molecule has 1 aromatic rings. The van der Waals surface area contributed by atoms with Gasteiger partial charge >= 0.3 is 0 Å². The number of halogens is 2. The molecule has 0 radical (unpaired) electrons. The number of carbonyl (C=O) groups excluding carboxylic acids is 1. The predicted octanol–water partition coefficient (Wildman–Crippen LogP) is 2.59. The van der Waals surface area contributed by atoms with E-state index in [-0.39, 0.29) is 23.1 Å². The zero-order valence-corrected chi connectivity index (χ0v) is 10.3. The van der Waals surface area contributed by atoms with Gasteiger partial charge in [0.15, 0.2) is 0 Å². The molecular formula is C13H15ClFNO. The molecule has 1 N–H and O–H groups in total. The molecule has 1 aromatic carbocycles. The van der Waals surface area contributed by atoms with Gasteiger partial charge in [-0.25, -0.2) is 4.39 Å². The SMILES string of the molecule is O=C(Cc1cccc(Cl)c1F)C1CCNCC1. The summed E-state index contributed by atoms with van der Waals surface area (Å²) in [5, 5.41) is 3.29. The van der Waals surface area contributed by atoms with Gasteiger partial charge in [0.2, 0.25) is 0 Å². The second-order valence-corrected chi connectivity index (χ2v) is 4.79. The normalized spacial score (nSPS) is 17.1. The zero-order valence-electron chi connectivity index (χ0n) is 9.51. The first-order chi connectivity index (χ1) is 8.18. The lowest BCUT2D eigenvalue weighted by molar-refractivity contribution is -0.122. The molecule has 0 spiro atoms. The molecule has 4 heteroatoms. The number of piperidine rings is 1. The Balaban J connectivity index is 2.04. The fraction of sp³-hybridized carbons (Fsp3) is 0.462. The van der Waals surface area contributed by atoms with Gasteiger partial charge in [-0.05, 0) is 37.6 Å². The zero-order chi connectivity index (χ0) is 12.3. The van der Waals surface area contributed by atoms with Gasteiger partial charge in [-0.3, -0.25) is 4.79 Å². The Morgan fingerprint density at radius 2 is 2.12 bits per heavy atom. The molecule has 0 aliphatic carbocycles. The molecule has 0 bridgehead atoms. The number of Topliss-reactive ketones (excluding diaryl/α,β-unsaturated/α-hetero) is 1. The highest BCUT2D eigenvalue weighted by atomic mass is 35.5. The highest BCUT2D eigenvalue weighted by molar-refractivity contribution is 6.30. The molecule has 17 heavy (non-hydrogen) atoms. The van der Waals surface area contributed by atoms with Crippen molar-refractivity contribution in [3.8, 4) is 0 Å². The van der Waals surface area contributed by atoms with E-state index in [1.54, 1.807) is 12.1 Å². The molecule has 0 aromatic heterocycles. The van der Waals surface area contributed by atoms with Crippen molar-refractivity contribution < 1.29 is 9.18 Å². The predicted molar refractivity (Wildman–Crippen MR) is 65.7 cm³/mol. The summed E-state index contributed by atoms with van der Waals surface area (Å²) in [5.41, 5.74) is 0.404. The van der Waals surface area contributed by atoms with Crippen LogP contribution in [0.5, 0.6) is 0 Å². The average Bonchev–Trinajstić information content (AvgIpc) is 2.36. The Morgan fingerprint density at radius 3 is 2.82 bits per heavy atom. The van der Waals surface area contributed by atoms with E-state index in [1.165, 1.54) is 6.07 Å². The Kier molecular flexibility index (Phi) is 4.13. The lowest BCUT2D eigenvalue weighted by Crippen LogP contribution is -2.32. The van der Waals surface area contributed by atoms with Crippen molar-refractivity contribution in [3.05, 3.63) is 34.6 Å². The molecular weight excluding hydrogens is 241 g/mol. The molecule has 2 nitrogen and oxygen atoms in total. The monoisotopic (exact) mass is 255 g/mol. The molecule has 1 heterocycles. The summed E-state index contributed by atoms with van der Waals surface area (Å²) >= 11 is 5.69. The number of hydrogen-bond donors (Lipinski definition) is 1. The third kappa shape index (κ3) is 3.05. The van der Waals surface area contributed by atoms with Crippen LogP contribution in [0.3, 0.4) is 0 Å². The minimum absolute atomic E-state index is 0.0645. The van der Waals surface area contributed by atoms with Crippen LogP contribution in [0.2, 0.25) is 5.02 Å². The molecule has 0 atom stereocenters. The first kappa shape index (κ1) is 12.5. The van der Waals surface area contributed by atoms with Gasteiger partial charge in [-0.15, -0.1) is 0 Å². The second kappa shape index (κ2) is 5.61. The maximum Gasteiger partial charge on any atom is 0.145 e. The van der Waals surface area contributed by atoms with Crippen LogP contribution in [0, 0.1) is 11.7 Å². The summed E-state index contributed by atoms with van der Waals surface area (Å²) in [7, 11) is 0. The van der Waals surface area contributed by atoms with E-state index in [4.69, 9.17) is 11.6 Å². The van der Waals surface area contributed by atoms with E-state index in [0.717, 1.165) is 25.9 Å². The van der Waals surface area contributed by atoms with E-state index in [9.17, 15) is 9.18 Å². The Morgan fingerprint density at radius 1 is 1.41 bits per heavy atom. The summed E-state index contributed by atoms with van der Waals surface area (Å²) < 4.78 is 13.6. The fourth-order valence-electron chi connectivity index (χ4n) is 2.16. The van der Waals surface area contributed by atoms with Crippen LogP contribution in [0.25, 0.3) is 0 Å². The van der Waals surface area contributed by atoms with E-state index < -0.39 is 5.82 Å². The number of rotatable bonds is 3. The highest BCUT2D eigenvalue weighted by Crippen LogP contribution is 2.21. The van der Waals surface area contributed by atoms with E-state index in [1.807, 2.05) is 0 Å². The summed E-state index contributed by atoms with van der Waals surface area (Å²) in [6, 6.07) is 4.80. The van der Waals surface area contributed by atoms with Gasteiger partial charge in [0.1, 0.15) is 11.6 Å². The van der Waals surface area contributed by atoms with Crippen molar-refractivity contribution in [2.45, 2.75) is 19.3 Å². The lowest BCUT2D eigenvalue weighted by Gasteiger charge is -2.21. The molecule has 92 valence electrons.